The van der Waals surface area contributed by atoms with Gasteiger partial charge < -0.3 is 0 Å². The first-order valence-corrected chi connectivity index (χ1v) is 4.00. The van der Waals surface area contributed by atoms with Crippen molar-refractivity contribution in [2.75, 3.05) is 0 Å². The second-order valence-corrected chi connectivity index (χ2v) is 3.01. The molecular formula is C10H12. The second-order valence-electron chi connectivity index (χ2n) is 3.01. The number of rotatable bonds is 0. The summed E-state index contributed by atoms with van der Waals surface area (Å²) < 4.78 is 0. The highest BCUT2D eigenvalue weighted by atomic mass is 14.2. The quantitative estimate of drug-likeness (QED) is 0.475. The first-order valence-electron chi connectivity index (χ1n) is 4.00. The summed E-state index contributed by atoms with van der Waals surface area (Å²) in [7, 11) is 0. The fraction of sp³-hybridized carbons (Fsp3) is 0.400. The van der Waals surface area contributed by atoms with Gasteiger partial charge in [-0.2, -0.15) is 0 Å². The maximum Gasteiger partial charge on any atom is -0.0124 e. The van der Waals surface area contributed by atoms with Gasteiger partial charge in [0.1, 0.15) is 0 Å². The van der Waals surface area contributed by atoms with Crippen LogP contribution in [0.4, 0.5) is 0 Å². The van der Waals surface area contributed by atoms with Crippen LogP contribution in [0.25, 0.3) is 0 Å². The van der Waals surface area contributed by atoms with E-state index in [1.165, 1.54) is 24.8 Å². The molecule has 0 heterocycles. The van der Waals surface area contributed by atoms with Gasteiger partial charge in [-0.25, -0.2) is 0 Å². The Kier molecular flexibility index (Phi) is 1.46. The predicted octanol–water partition coefficient (Wildman–Crippen LogP) is 2.84. The molecular weight excluding hydrogens is 120 g/mol. The van der Waals surface area contributed by atoms with Crippen molar-refractivity contribution >= 4 is 0 Å². The average Bonchev–Trinajstić information content (AvgIpc) is 2.28. The molecule has 2 rings (SSSR count). The zero-order chi connectivity index (χ0) is 6.81. The number of hydrogen-bond donors (Lipinski definition) is 0. The standard InChI is InChI=1S/C10H12/c1-2-5-9-7-4-8-10(9)6-3-1/h1-2,4-5,7,10H,3,6,8H2. The predicted molar refractivity (Wildman–Crippen MR) is 43.7 cm³/mol. The molecule has 2 aliphatic carbocycles. The lowest BCUT2D eigenvalue weighted by Crippen LogP contribution is -1.94. The van der Waals surface area contributed by atoms with Gasteiger partial charge in [-0.1, -0.05) is 30.4 Å². The molecule has 0 aliphatic heterocycles. The van der Waals surface area contributed by atoms with Crippen LogP contribution in [0.2, 0.25) is 0 Å². The Bertz CT molecular complexity index is 206. The van der Waals surface area contributed by atoms with Crippen molar-refractivity contribution in [3.05, 3.63) is 36.0 Å². The molecule has 1 unspecified atom stereocenters. The maximum atomic E-state index is 2.29. The number of allylic oxidation sites excluding steroid dienone is 6. The van der Waals surface area contributed by atoms with Gasteiger partial charge in [-0.3, -0.25) is 0 Å². The summed E-state index contributed by atoms with van der Waals surface area (Å²) in [6, 6.07) is 0. The van der Waals surface area contributed by atoms with E-state index in [9.17, 15) is 0 Å². The van der Waals surface area contributed by atoms with Crippen LogP contribution in [0.5, 0.6) is 0 Å². The van der Waals surface area contributed by atoms with Crippen molar-refractivity contribution in [1.29, 1.82) is 0 Å². The Balaban J connectivity index is 2.24. The van der Waals surface area contributed by atoms with E-state index < -0.39 is 0 Å². The molecule has 0 bridgehead atoms. The summed E-state index contributed by atoms with van der Waals surface area (Å²) in [6.45, 7) is 0. The Hall–Kier alpha value is -0.780. The average molecular weight is 132 g/mol. The van der Waals surface area contributed by atoms with Crippen LogP contribution in [0, 0.1) is 5.92 Å². The first kappa shape index (κ1) is 5.96. The van der Waals surface area contributed by atoms with E-state index >= 15 is 0 Å². The summed E-state index contributed by atoms with van der Waals surface area (Å²) in [5.74, 6) is 0.843. The van der Waals surface area contributed by atoms with Crippen molar-refractivity contribution in [2.24, 2.45) is 5.92 Å². The Morgan fingerprint density at radius 1 is 1.30 bits per heavy atom. The first-order chi connectivity index (χ1) is 4.97. The van der Waals surface area contributed by atoms with Crippen LogP contribution in [0.15, 0.2) is 36.0 Å². The molecule has 0 saturated heterocycles. The Labute approximate surface area is 61.9 Å². The highest BCUT2D eigenvalue weighted by Gasteiger charge is 2.15. The van der Waals surface area contributed by atoms with Gasteiger partial charge in [0.2, 0.25) is 0 Å². The van der Waals surface area contributed by atoms with Gasteiger partial charge in [0, 0.05) is 0 Å². The van der Waals surface area contributed by atoms with Crippen LogP contribution < -0.4 is 0 Å². The zero-order valence-electron chi connectivity index (χ0n) is 6.09. The summed E-state index contributed by atoms with van der Waals surface area (Å²) in [5, 5.41) is 0. The van der Waals surface area contributed by atoms with Crippen molar-refractivity contribution in [1.82, 2.24) is 0 Å². The van der Waals surface area contributed by atoms with E-state index in [0.717, 1.165) is 5.92 Å². The van der Waals surface area contributed by atoms with E-state index in [1.807, 2.05) is 0 Å². The smallest absolute Gasteiger partial charge is 0.0124 e. The fourth-order valence-corrected chi connectivity index (χ4v) is 1.69. The molecule has 0 fully saturated rings. The Morgan fingerprint density at radius 3 is 3.30 bits per heavy atom. The number of fused-ring (bicyclic) bond motifs is 1. The van der Waals surface area contributed by atoms with Gasteiger partial charge >= 0.3 is 0 Å². The molecule has 0 aromatic rings. The van der Waals surface area contributed by atoms with E-state index in [-0.39, 0.29) is 0 Å². The lowest BCUT2D eigenvalue weighted by molar-refractivity contribution is 0.607. The van der Waals surface area contributed by atoms with Crippen molar-refractivity contribution in [3.63, 3.8) is 0 Å². The van der Waals surface area contributed by atoms with Crippen LogP contribution in [-0.2, 0) is 0 Å². The van der Waals surface area contributed by atoms with Crippen LogP contribution >= 0.6 is 0 Å². The van der Waals surface area contributed by atoms with E-state index in [4.69, 9.17) is 0 Å². The minimum atomic E-state index is 0.843. The molecule has 0 N–H and O–H groups in total. The van der Waals surface area contributed by atoms with Gasteiger partial charge in [-0.15, -0.1) is 0 Å². The molecule has 0 aromatic heterocycles. The topological polar surface area (TPSA) is 0 Å². The summed E-state index contributed by atoms with van der Waals surface area (Å²) in [5.41, 5.74) is 1.54. The molecule has 0 amide bonds. The molecule has 0 radical (unpaired) electrons. The van der Waals surface area contributed by atoms with Crippen molar-refractivity contribution in [3.8, 4) is 0 Å². The van der Waals surface area contributed by atoms with E-state index in [2.05, 4.69) is 30.4 Å². The minimum absolute atomic E-state index is 0.843. The Morgan fingerprint density at radius 2 is 2.30 bits per heavy atom. The van der Waals surface area contributed by atoms with E-state index in [1.54, 1.807) is 0 Å². The van der Waals surface area contributed by atoms with Crippen molar-refractivity contribution in [2.45, 2.75) is 19.3 Å². The van der Waals surface area contributed by atoms with E-state index in [0.29, 0.717) is 0 Å². The van der Waals surface area contributed by atoms with Gasteiger partial charge in [0.25, 0.3) is 0 Å². The summed E-state index contributed by atoms with van der Waals surface area (Å²) in [6.07, 6.45) is 15.1. The van der Waals surface area contributed by atoms with Gasteiger partial charge in [0.05, 0.1) is 0 Å². The third kappa shape index (κ3) is 0.942. The highest BCUT2D eigenvalue weighted by molar-refractivity contribution is 5.32. The molecule has 0 saturated carbocycles. The molecule has 0 heteroatoms. The molecule has 2 aliphatic rings. The van der Waals surface area contributed by atoms with Crippen molar-refractivity contribution < 1.29 is 0 Å². The normalized spacial score (nSPS) is 29.6. The lowest BCUT2D eigenvalue weighted by atomic mass is 9.98. The molecule has 0 aromatic carbocycles. The maximum absolute atomic E-state index is 2.29. The summed E-state index contributed by atoms with van der Waals surface area (Å²) in [4.78, 5) is 0. The van der Waals surface area contributed by atoms with Gasteiger partial charge in [0.15, 0.2) is 0 Å². The fourth-order valence-electron chi connectivity index (χ4n) is 1.69. The highest BCUT2D eigenvalue weighted by Crippen LogP contribution is 2.30. The van der Waals surface area contributed by atoms with Crippen LogP contribution in [0.1, 0.15) is 19.3 Å². The molecule has 1 atom stereocenters. The largest absolute Gasteiger partial charge is 0.0845 e. The SMILES string of the molecule is C1=CCCC2CC=CC2=C1. The van der Waals surface area contributed by atoms with Crippen LogP contribution in [0.3, 0.4) is 0 Å². The third-order valence-corrected chi connectivity index (χ3v) is 2.31. The minimum Gasteiger partial charge on any atom is -0.0845 e. The molecule has 52 valence electrons. The van der Waals surface area contributed by atoms with Gasteiger partial charge in [-0.05, 0) is 30.8 Å². The molecule has 0 nitrogen and oxygen atoms in total. The number of hydrogen-bond acceptors (Lipinski definition) is 0. The third-order valence-electron chi connectivity index (χ3n) is 2.31. The van der Waals surface area contributed by atoms with Crippen LogP contribution in [-0.4, -0.2) is 0 Å². The lowest BCUT2D eigenvalue weighted by Gasteiger charge is -2.07. The zero-order valence-corrected chi connectivity index (χ0v) is 6.09. The molecule has 0 spiro atoms. The summed E-state index contributed by atoms with van der Waals surface area (Å²) >= 11 is 0. The molecule has 10 heavy (non-hydrogen) atoms. The monoisotopic (exact) mass is 132 g/mol. The second kappa shape index (κ2) is 2.45.